The van der Waals surface area contributed by atoms with Crippen molar-refractivity contribution in [2.24, 2.45) is 0 Å². The van der Waals surface area contributed by atoms with Crippen LogP contribution in [0.25, 0.3) is 5.32 Å². The van der Waals surface area contributed by atoms with Gasteiger partial charge in [-0.25, -0.2) is 0 Å². The summed E-state index contributed by atoms with van der Waals surface area (Å²) in [4.78, 5) is 13.9. The monoisotopic (exact) mass is 331 g/mol. The molecule has 0 unspecified atom stereocenters. The van der Waals surface area contributed by atoms with Gasteiger partial charge in [0.2, 0.25) is 0 Å². The molecular formula is C20H22LiNOS. The van der Waals surface area contributed by atoms with Gasteiger partial charge in [0.1, 0.15) is 0 Å². The molecule has 4 heteroatoms. The molecule has 2 aromatic rings. The maximum Gasteiger partial charge on any atom is 1.00 e. The Balaban J connectivity index is 0.00000208. The van der Waals surface area contributed by atoms with Crippen molar-refractivity contribution >= 4 is 17.7 Å². The molecule has 0 bridgehead atoms. The molecule has 2 aromatic carbocycles. The Hall–Kier alpha value is -1.14. The standard InChI is InChI=1S/C20H23NOS.Li/c1-20(2,23-16-11-4-3-5-12-16)19(22)21-18-14-8-10-15-9-6-7-13-17(15)18;/h3-7,9,11-13,18H,8,10,14H2,1-2H3,(H,21,22);/q;+1/p-1/t18-;/m1./s1. The number of benzene rings is 2. The molecule has 1 aliphatic carbocycles. The fourth-order valence-electron chi connectivity index (χ4n) is 2.99. The number of hydrogen-bond donors (Lipinski definition) is 0. The van der Waals surface area contributed by atoms with Crippen molar-refractivity contribution in [2.45, 2.75) is 48.8 Å². The Morgan fingerprint density at radius 3 is 2.50 bits per heavy atom. The van der Waals surface area contributed by atoms with Crippen LogP contribution in [0.5, 0.6) is 0 Å². The summed E-state index contributed by atoms with van der Waals surface area (Å²) in [5.41, 5.74) is 2.57. The molecule has 0 aromatic heterocycles. The van der Waals surface area contributed by atoms with Gasteiger partial charge in [-0.15, -0.1) is 11.8 Å². The number of amides is 1. The van der Waals surface area contributed by atoms with Crippen molar-refractivity contribution in [3.8, 4) is 0 Å². The first-order valence-corrected chi connectivity index (χ1v) is 8.95. The van der Waals surface area contributed by atoms with E-state index in [1.807, 2.05) is 50.2 Å². The summed E-state index contributed by atoms with van der Waals surface area (Å²) >= 11 is 1.58. The molecule has 24 heavy (non-hydrogen) atoms. The van der Waals surface area contributed by atoms with Crippen molar-refractivity contribution in [2.75, 3.05) is 0 Å². The third kappa shape index (κ3) is 4.48. The van der Waals surface area contributed by atoms with E-state index in [2.05, 4.69) is 23.5 Å². The molecule has 0 saturated heterocycles. The van der Waals surface area contributed by atoms with Crippen LogP contribution < -0.4 is 18.9 Å². The number of fused-ring (bicyclic) bond motifs is 1. The van der Waals surface area contributed by atoms with Gasteiger partial charge in [0, 0.05) is 4.90 Å². The van der Waals surface area contributed by atoms with E-state index in [1.54, 1.807) is 11.8 Å². The zero-order valence-electron chi connectivity index (χ0n) is 14.7. The van der Waals surface area contributed by atoms with Gasteiger partial charge in [-0.2, -0.15) is 0 Å². The fraction of sp³-hybridized carbons (Fsp3) is 0.350. The molecule has 0 heterocycles. The predicted molar refractivity (Wildman–Crippen MR) is 96.9 cm³/mol. The number of thioether (sulfide) groups is 1. The first kappa shape index (κ1) is 19.2. The van der Waals surface area contributed by atoms with Gasteiger partial charge in [0.05, 0.1) is 10.7 Å². The Kier molecular flexibility index (Phi) is 6.63. The maximum atomic E-state index is 12.8. The SMILES string of the molecule is CC(C)(Sc1ccccc1)C(=O)[N-][C@@H]1CCCc2ccccc21.[Li+]. The van der Waals surface area contributed by atoms with Gasteiger partial charge in [-0.05, 0) is 38.0 Å². The number of carbonyl (C=O) groups excluding carboxylic acids is 1. The van der Waals surface area contributed by atoms with Gasteiger partial charge < -0.3 is 10.1 Å². The normalized spacial score (nSPS) is 16.7. The van der Waals surface area contributed by atoms with E-state index in [0.29, 0.717) is 0 Å². The molecule has 0 radical (unpaired) electrons. The smallest absolute Gasteiger partial charge is 0.646 e. The van der Waals surface area contributed by atoms with E-state index in [0.717, 1.165) is 24.2 Å². The van der Waals surface area contributed by atoms with Crippen molar-refractivity contribution in [1.29, 1.82) is 0 Å². The zero-order valence-corrected chi connectivity index (χ0v) is 15.5. The van der Waals surface area contributed by atoms with Gasteiger partial charge in [0.15, 0.2) is 0 Å². The van der Waals surface area contributed by atoms with Crippen LogP contribution in [-0.4, -0.2) is 10.7 Å². The van der Waals surface area contributed by atoms with Crippen LogP contribution >= 0.6 is 11.8 Å². The second-order valence-corrected chi connectivity index (χ2v) is 8.16. The van der Waals surface area contributed by atoms with Crippen LogP contribution in [0.2, 0.25) is 0 Å². The Bertz CT molecular complexity index is 687. The predicted octanol–water partition coefficient (Wildman–Crippen LogP) is 2.54. The second kappa shape index (κ2) is 8.29. The largest absolute Gasteiger partial charge is 1.00 e. The third-order valence-electron chi connectivity index (χ3n) is 4.24. The number of hydrogen-bond acceptors (Lipinski definition) is 2. The zero-order chi connectivity index (χ0) is 16.3. The molecule has 120 valence electrons. The second-order valence-electron chi connectivity index (χ2n) is 6.47. The van der Waals surface area contributed by atoms with Crippen LogP contribution in [0, 0.1) is 0 Å². The summed E-state index contributed by atoms with van der Waals surface area (Å²) in [5, 5.41) is 4.59. The minimum absolute atomic E-state index is 0. The average Bonchev–Trinajstić information content (AvgIpc) is 2.55. The number of carbonyl (C=O) groups is 1. The first-order chi connectivity index (χ1) is 11.1. The van der Waals surface area contributed by atoms with Crippen LogP contribution in [0.1, 0.15) is 43.9 Å². The van der Waals surface area contributed by atoms with E-state index in [-0.39, 0.29) is 30.8 Å². The molecule has 0 aliphatic heterocycles. The summed E-state index contributed by atoms with van der Waals surface area (Å²) in [7, 11) is 0. The molecule has 1 aliphatic rings. The number of aryl methyl sites for hydroxylation is 1. The van der Waals surface area contributed by atoms with Crippen molar-refractivity contribution in [1.82, 2.24) is 0 Å². The summed E-state index contributed by atoms with van der Waals surface area (Å²) in [6.07, 6.45) is 3.16. The van der Waals surface area contributed by atoms with E-state index >= 15 is 0 Å². The molecule has 3 rings (SSSR count). The topological polar surface area (TPSA) is 31.2 Å². The van der Waals surface area contributed by atoms with E-state index < -0.39 is 4.75 Å². The number of nitrogens with zero attached hydrogens (tertiary/aromatic N) is 1. The Labute approximate surface area is 161 Å². The van der Waals surface area contributed by atoms with Crippen LogP contribution in [0.4, 0.5) is 0 Å². The van der Waals surface area contributed by atoms with Gasteiger partial charge >= 0.3 is 18.9 Å². The van der Waals surface area contributed by atoms with Crippen molar-refractivity contribution < 1.29 is 23.7 Å². The van der Waals surface area contributed by atoms with Crippen LogP contribution in [0.3, 0.4) is 0 Å². The molecular weight excluding hydrogens is 309 g/mol. The van der Waals surface area contributed by atoms with Crippen molar-refractivity contribution in [3.05, 3.63) is 71.0 Å². The molecule has 2 nitrogen and oxygen atoms in total. The molecule has 0 fully saturated rings. The van der Waals surface area contributed by atoms with Crippen LogP contribution in [0.15, 0.2) is 59.5 Å². The fourth-order valence-corrected chi connectivity index (χ4v) is 4.01. The van der Waals surface area contributed by atoms with Crippen LogP contribution in [-0.2, 0) is 11.2 Å². The van der Waals surface area contributed by atoms with E-state index in [9.17, 15) is 4.79 Å². The number of rotatable bonds is 4. The first-order valence-electron chi connectivity index (χ1n) is 8.13. The average molecular weight is 331 g/mol. The minimum atomic E-state index is -0.548. The minimum Gasteiger partial charge on any atom is -0.646 e. The van der Waals surface area contributed by atoms with Gasteiger partial charge in [-0.1, -0.05) is 66.9 Å². The summed E-state index contributed by atoms with van der Waals surface area (Å²) in [6, 6.07) is 18.5. The quantitative estimate of drug-likeness (QED) is 0.637. The molecule has 1 amide bonds. The molecule has 0 spiro atoms. The summed E-state index contributed by atoms with van der Waals surface area (Å²) < 4.78 is -0.548. The van der Waals surface area contributed by atoms with Gasteiger partial charge in [-0.3, -0.25) is 0 Å². The Morgan fingerprint density at radius 1 is 1.08 bits per heavy atom. The van der Waals surface area contributed by atoms with E-state index in [4.69, 9.17) is 0 Å². The third-order valence-corrected chi connectivity index (χ3v) is 5.43. The Morgan fingerprint density at radius 2 is 1.75 bits per heavy atom. The van der Waals surface area contributed by atoms with Crippen molar-refractivity contribution in [3.63, 3.8) is 0 Å². The summed E-state index contributed by atoms with van der Waals surface area (Å²) in [5.74, 6) is -0.0203. The van der Waals surface area contributed by atoms with E-state index in [1.165, 1.54) is 11.1 Å². The molecule has 1 atom stereocenters. The maximum absolute atomic E-state index is 12.8. The summed E-state index contributed by atoms with van der Waals surface area (Å²) in [6.45, 7) is 3.93. The van der Waals surface area contributed by atoms with Gasteiger partial charge in [0.25, 0.3) is 0 Å². The molecule has 0 saturated carbocycles. The molecule has 0 N–H and O–H groups in total.